The standard InChI is InChI=1S/C22H20N4O4.ClH/c1-28-19-10-14(7-8-17(19)29-13-20(23)27)12-25-16-5-2-4-15(11-16)22-26-21-18(30-22)6-3-9-24-21;/h2-11,25H,12-13H2,1H3,(H2,23,27);1H. The summed E-state index contributed by atoms with van der Waals surface area (Å²) in [6.45, 7) is 0.358. The van der Waals surface area contributed by atoms with Crippen LogP contribution in [0.3, 0.4) is 0 Å². The quantitative estimate of drug-likeness (QED) is 0.428. The van der Waals surface area contributed by atoms with Crippen LogP contribution in [0.5, 0.6) is 11.5 Å². The van der Waals surface area contributed by atoms with Gasteiger partial charge in [0.1, 0.15) is 0 Å². The largest absolute Gasteiger partial charge is 0.493 e. The average Bonchev–Trinajstić information content (AvgIpc) is 3.21. The molecule has 0 aliphatic heterocycles. The van der Waals surface area contributed by atoms with Gasteiger partial charge in [0.15, 0.2) is 29.3 Å². The van der Waals surface area contributed by atoms with Crippen LogP contribution in [0.4, 0.5) is 5.69 Å². The number of hydrogen-bond acceptors (Lipinski definition) is 7. The van der Waals surface area contributed by atoms with E-state index in [1.165, 1.54) is 0 Å². The monoisotopic (exact) mass is 440 g/mol. The van der Waals surface area contributed by atoms with E-state index < -0.39 is 5.91 Å². The minimum absolute atomic E-state index is 0. The number of ether oxygens (including phenoxy) is 2. The van der Waals surface area contributed by atoms with Crippen LogP contribution in [0.2, 0.25) is 0 Å². The highest BCUT2D eigenvalue weighted by molar-refractivity contribution is 5.85. The first-order chi connectivity index (χ1) is 14.6. The molecule has 0 unspecified atom stereocenters. The van der Waals surface area contributed by atoms with Crippen LogP contribution < -0.4 is 20.5 Å². The van der Waals surface area contributed by atoms with Crippen LogP contribution in [0.1, 0.15) is 5.56 Å². The zero-order valence-electron chi connectivity index (χ0n) is 16.7. The number of fused-ring (bicyclic) bond motifs is 1. The second-order valence-corrected chi connectivity index (χ2v) is 6.52. The van der Waals surface area contributed by atoms with E-state index in [0.29, 0.717) is 35.2 Å². The molecule has 4 aromatic rings. The number of oxazole rings is 1. The summed E-state index contributed by atoms with van der Waals surface area (Å²) in [5.41, 5.74) is 9.10. The van der Waals surface area contributed by atoms with Gasteiger partial charge in [-0.15, -0.1) is 12.4 Å². The number of carbonyl (C=O) groups is 1. The highest BCUT2D eigenvalue weighted by atomic mass is 35.5. The van der Waals surface area contributed by atoms with Gasteiger partial charge in [0.2, 0.25) is 5.89 Å². The highest BCUT2D eigenvalue weighted by Crippen LogP contribution is 2.29. The molecule has 160 valence electrons. The van der Waals surface area contributed by atoms with Crippen molar-refractivity contribution in [2.24, 2.45) is 5.73 Å². The molecule has 0 aliphatic carbocycles. The first-order valence-corrected chi connectivity index (χ1v) is 9.26. The smallest absolute Gasteiger partial charge is 0.255 e. The minimum atomic E-state index is -0.544. The lowest BCUT2D eigenvalue weighted by Gasteiger charge is -2.12. The fourth-order valence-corrected chi connectivity index (χ4v) is 2.95. The molecule has 3 N–H and O–H groups in total. The third-order valence-electron chi connectivity index (χ3n) is 4.37. The number of halogens is 1. The van der Waals surface area contributed by atoms with Crippen LogP contribution >= 0.6 is 12.4 Å². The minimum Gasteiger partial charge on any atom is -0.493 e. The lowest BCUT2D eigenvalue weighted by Crippen LogP contribution is -2.20. The number of nitrogens with zero attached hydrogens (tertiary/aromatic N) is 2. The molecular weight excluding hydrogens is 420 g/mol. The van der Waals surface area contributed by atoms with Gasteiger partial charge < -0.3 is 24.9 Å². The Hall–Kier alpha value is -3.78. The van der Waals surface area contributed by atoms with Gasteiger partial charge in [-0.25, -0.2) is 4.98 Å². The van der Waals surface area contributed by atoms with Crippen molar-refractivity contribution in [3.05, 3.63) is 66.4 Å². The lowest BCUT2D eigenvalue weighted by atomic mass is 10.1. The summed E-state index contributed by atoms with van der Waals surface area (Å²) >= 11 is 0. The van der Waals surface area contributed by atoms with Gasteiger partial charge in [-0.3, -0.25) is 4.79 Å². The van der Waals surface area contributed by atoms with Crippen molar-refractivity contribution in [1.29, 1.82) is 0 Å². The van der Waals surface area contributed by atoms with Crippen LogP contribution in [0.15, 0.2) is 65.2 Å². The molecule has 2 aromatic carbocycles. The molecule has 2 aromatic heterocycles. The second-order valence-electron chi connectivity index (χ2n) is 6.52. The number of carbonyl (C=O) groups excluding carboxylic acids is 1. The first kappa shape index (κ1) is 21.9. The number of anilines is 1. The molecule has 0 aliphatic rings. The van der Waals surface area contributed by atoms with Crippen molar-refractivity contribution in [2.45, 2.75) is 6.54 Å². The molecule has 8 nitrogen and oxygen atoms in total. The maximum absolute atomic E-state index is 10.9. The number of methoxy groups -OCH3 is 1. The van der Waals surface area contributed by atoms with Crippen molar-refractivity contribution < 1.29 is 18.7 Å². The molecule has 0 saturated heterocycles. The van der Waals surface area contributed by atoms with Gasteiger partial charge in [-0.2, -0.15) is 4.98 Å². The van der Waals surface area contributed by atoms with Crippen LogP contribution in [-0.4, -0.2) is 29.6 Å². The van der Waals surface area contributed by atoms with E-state index in [9.17, 15) is 4.79 Å². The summed E-state index contributed by atoms with van der Waals surface area (Å²) in [6.07, 6.45) is 1.69. The topological polar surface area (TPSA) is 112 Å². The number of amides is 1. The number of primary amides is 1. The van der Waals surface area contributed by atoms with Crippen LogP contribution in [0, 0.1) is 0 Å². The molecular formula is C22H21ClN4O4. The average molecular weight is 441 g/mol. The van der Waals surface area contributed by atoms with E-state index in [4.69, 9.17) is 19.6 Å². The van der Waals surface area contributed by atoms with Crippen molar-refractivity contribution in [3.63, 3.8) is 0 Å². The van der Waals surface area contributed by atoms with Gasteiger partial charge >= 0.3 is 0 Å². The van der Waals surface area contributed by atoms with E-state index in [2.05, 4.69) is 15.3 Å². The predicted octanol–water partition coefficient (Wildman–Crippen LogP) is 3.80. The summed E-state index contributed by atoms with van der Waals surface area (Å²) in [6, 6.07) is 16.9. The summed E-state index contributed by atoms with van der Waals surface area (Å²) in [7, 11) is 1.54. The van der Waals surface area contributed by atoms with Gasteiger partial charge in [0, 0.05) is 24.0 Å². The Bertz CT molecular complexity index is 1160. The Labute approximate surface area is 184 Å². The van der Waals surface area contributed by atoms with Gasteiger partial charge in [0.05, 0.1) is 7.11 Å². The first-order valence-electron chi connectivity index (χ1n) is 9.26. The third kappa shape index (κ3) is 5.23. The van der Waals surface area contributed by atoms with Crippen molar-refractivity contribution in [1.82, 2.24) is 9.97 Å². The number of nitrogens with two attached hydrogens (primary N) is 1. The summed E-state index contributed by atoms with van der Waals surface area (Å²) in [4.78, 5) is 19.6. The zero-order valence-corrected chi connectivity index (χ0v) is 17.5. The molecule has 0 atom stereocenters. The molecule has 0 bridgehead atoms. The fourth-order valence-electron chi connectivity index (χ4n) is 2.95. The van der Waals surface area contributed by atoms with E-state index in [-0.39, 0.29) is 19.0 Å². The summed E-state index contributed by atoms with van der Waals surface area (Å²) in [5.74, 6) is 0.970. The molecule has 2 heterocycles. The molecule has 31 heavy (non-hydrogen) atoms. The molecule has 0 saturated carbocycles. The van der Waals surface area contributed by atoms with E-state index in [1.807, 2.05) is 48.5 Å². The number of pyridine rings is 1. The molecule has 0 radical (unpaired) electrons. The third-order valence-corrected chi connectivity index (χ3v) is 4.37. The Morgan fingerprint density at radius 2 is 2.00 bits per heavy atom. The van der Waals surface area contributed by atoms with Crippen LogP contribution in [0.25, 0.3) is 22.7 Å². The van der Waals surface area contributed by atoms with Crippen molar-refractivity contribution in [3.8, 4) is 23.0 Å². The second kappa shape index (κ2) is 9.82. The number of nitrogens with one attached hydrogen (secondary N) is 1. The fraction of sp³-hybridized carbons (Fsp3) is 0.136. The Kier molecular flexibility index (Phi) is 6.94. The number of hydrogen-bond donors (Lipinski definition) is 2. The van der Waals surface area contributed by atoms with Crippen LogP contribution in [-0.2, 0) is 11.3 Å². The number of benzene rings is 2. The van der Waals surface area contributed by atoms with Crippen molar-refractivity contribution >= 4 is 35.2 Å². The number of aromatic nitrogens is 2. The maximum Gasteiger partial charge on any atom is 0.255 e. The lowest BCUT2D eigenvalue weighted by molar-refractivity contribution is -0.119. The predicted molar refractivity (Wildman–Crippen MR) is 119 cm³/mol. The Morgan fingerprint density at radius 1 is 1.13 bits per heavy atom. The van der Waals surface area contributed by atoms with E-state index in [0.717, 1.165) is 16.8 Å². The maximum atomic E-state index is 10.9. The Balaban J connectivity index is 0.00000272. The van der Waals surface area contributed by atoms with Crippen molar-refractivity contribution in [2.75, 3.05) is 19.0 Å². The molecule has 4 rings (SSSR count). The van der Waals surface area contributed by atoms with Gasteiger partial charge in [-0.1, -0.05) is 12.1 Å². The van der Waals surface area contributed by atoms with E-state index in [1.54, 1.807) is 19.4 Å². The normalized spacial score (nSPS) is 10.4. The van der Waals surface area contributed by atoms with Gasteiger partial charge in [-0.05, 0) is 48.0 Å². The number of rotatable bonds is 8. The summed E-state index contributed by atoms with van der Waals surface area (Å²) in [5, 5.41) is 3.37. The molecule has 0 fully saturated rings. The molecule has 1 amide bonds. The van der Waals surface area contributed by atoms with E-state index >= 15 is 0 Å². The highest BCUT2D eigenvalue weighted by Gasteiger charge is 2.10. The summed E-state index contributed by atoms with van der Waals surface area (Å²) < 4.78 is 16.5. The Morgan fingerprint density at radius 3 is 2.77 bits per heavy atom. The SMILES string of the molecule is COc1cc(CNc2cccc(-c3nc4ncccc4o3)c2)ccc1OCC(N)=O.Cl. The zero-order chi connectivity index (χ0) is 20.9. The molecule has 0 spiro atoms. The van der Waals surface area contributed by atoms with Gasteiger partial charge in [0.25, 0.3) is 5.91 Å². The molecule has 9 heteroatoms.